The van der Waals surface area contributed by atoms with Crippen LogP contribution >= 0.6 is 22.9 Å². The number of unbranched alkanes of at least 4 members (excludes halogenated alkanes) is 1. The van der Waals surface area contributed by atoms with Gasteiger partial charge in [0.15, 0.2) is 11.0 Å². The van der Waals surface area contributed by atoms with Gasteiger partial charge < -0.3 is 4.90 Å². The van der Waals surface area contributed by atoms with Crippen molar-refractivity contribution in [3.63, 3.8) is 0 Å². The van der Waals surface area contributed by atoms with Crippen LogP contribution in [0, 0.1) is 5.82 Å². The van der Waals surface area contributed by atoms with E-state index in [0.29, 0.717) is 11.6 Å². The molecule has 0 amide bonds. The molecule has 0 bridgehead atoms. The molecule has 0 saturated heterocycles. The van der Waals surface area contributed by atoms with Crippen LogP contribution in [0.25, 0.3) is 21.6 Å². The first kappa shape index (κ1) is 19.6. The molecule has 4 rings (SSSR count). The number of halogens is 2. The second kappa shape index (κ2) is 8.34. The van der Waals surface area contributed by atoms with Crippen LogP contribution in [-0.4, -0.2) is 21.7 Å². The third-order valence-corrected chi connectivity index (χ3v) is 5.81. The van der Waals surface area contributed by atoms with E-state index in [1.54, 1.807) is 17.4 Å². The number of rotatable bonds is 7. The lowest BCUT2D eigenvalue weighted by atomic mass is 10.1. The summed E-state index contributed by atoms with van der Waals surface area (Å²) < 4.78 is 20.1. The predicted molar refractivity (Wildman–Crippen MR) is 113 cm³/mol. The van der Waals surface area contributed by atoms with Crippen LogP contribution in [0.1, 0.15) is 25.3 Å². The van der Waals surface area contributed by atoms with Crippen LogP contribution in [0.4, 0.5) is 9.52 Å². The van der Waals surface area contributed by atoms with Crippen LogP contribution in [0.2, 0.25) is 5.02 Å². The van der Waals surface area contributed by atoms with Gasteiger partial charge in [-0.1, -0.05) is 47.5 Å². The average Bonchev–Trinajstić information content (AvgIpc) is 3.31. The molecule has 9 heteroatoms. The molecule has 29 heavy (non-hydrogen) atoms. The SMILES string of the molecule is CCCCN(Cc1ccc(-c2noc(=O)[nH]2)c(F)c1)c1nc2ccc(Cl)cc2s1. The van der Waals surface area contributed by atoms with E-state index in [1.807, 2.05) is 24.3 Å². The van der Waals surface area contributed by atoms with Crippen molar-refractivity contribution >= 4 is 38.3 Å². The van der Waals surface area contributed by atoms with Crippen molar-refractivity contribution in [1.29, 1.82) is 0 Å². The van der Waals surface area contributed by atoms with Crippen molar-refractivity contribution in [2.45, 2.75) is 26.3 Å². The number of nitrogens with one attached hydrogen (secondary N) is 1. The summed E-state index contributed by atoms with van der Waals surface area (Å²) in [5.41, 5.74) is 1.88. The molecule has 4 aromatic rings. The largest absolute Gasteiger partial charge is 0.439 e. The van der Waals surface area contributed by atoms with E-state index in [1.165, 1.54) is 6.07 Å². The number of aromatic nitrogens is 3. The Balaban J connectivity index is 1.62. The van der Waals surface area contributed by atoms with Crippen molar-refractivity contribution in [2.75, 3.05) is 11.4 Å². The summed E-state index contributed by atoms with van der Waals surface area (Å²) in [5, 5.41) is 5.10. The number of aromatic amines is 1. The van der Waals surface area contributed by atoms with Crippen molar-refractivity contribution in [3.05, 3.63) is 63.4 Å². The maximum absolute atomic E-state index is 14.6. The van der Waals surface area contributed by atoms with Gasteiger partial charge in [-0.05, 0) is 42.3 Å². The summed E-state index contributed by atoms with van der Waals surface area (Å²) in [6, 6.07) is 10.5. The first-order valence-corrected chi connectivity index (χ1v) is 10.4. The molecular weight excluding hydrogens is 415 g/mol. The highest BCUT2D eigenvalue weighted by atomic mass is 35.5. The average molecular weight is 433 g/mol. The van der Waals surface area contributed by atoms with Gasteiger partial charge in [-0.2, -0.15) is 0 Å². The zero-order valence-electron chi connectivity index (χ0n) is 15.6. The van der Waals surface area contributed by atoms with Gasteiger partial charge in [0.1, 0.15) is 5.82 Å². The van der Waals surface area contributed by atoms with Crippen LogP contribution in [0.3, 0.4) is 0 Å². The lowest BCUT2D eigenvalue weighted by molar-refractivity contribution is 0.387. The highest BCUT2D eigenvalue weighted by molar-refractivity contribution is 7.22. The van der Waals surface area contributed by atoms with Gasteiger partial charge in [0.25, 0.3) is 0 Å². The van der Waals surface area contributed by atoms with Gasteiger partial charge in [-0.25, -0.2) is 14.2 Å². The molecule has 0 aliphatic rings. The Morgan fingerprint density at radius 1 is 1.28 bits per heavy atom. The number of fused-ring (bicyclic) bond motifs is 1. The Kier molecular flexibility index (Phi) is 5.64. The van der Waals surface area contributed by atoms with E-state index in [4.69, 9.17) is 16.6 Å². The quantitative estimate of drug-likeness (QED) is 0.432. The number of hydrogen-bond donors (Lipinski definition) is 1. The van der Waals surface area contributed by atoms with Crippen molar-refractivity contribution in [3.8, 4) is 11.4 Å². The molecule has 0 aliphatic carbocycles. The Labute approximate surface area is 174 Å². The predicted octanol–water partition coefficient (Wildman–Crippen LogP) is 5.24. The third kappa shape index (κ3) is 4.33. The highest BCUT2D eigenvalue weighted by Gasteiger charge is 2.16. The Hall–Kier alpha value is -2.71. The molecular formula is C20H18ClFN4O2S. The van der Waals surface area contributed by atoms with Crippen LogP contribution in [0.15, 0.2) is 45.7 Å². The minimum atomic E-state index is -0.717. The molecule has 0 atom stereocenters. The molecule has 0 saturated carbocycles. The van der Waals surface area contributed by atoms with Crippen LogP contribution in [0.5, 0.6) is 0 Å². The first-order chi connectivity index (χ1) is 14.0. The molecule has 0 spiro atoms. The Bertz CT molecular complexity index is 1200. The molecule has 0 fully saturated rings. The summed E-state index contributed by atoms with van der Waals surface area (Å²) in [4.78, 5) is 20.3. The molecule has 6 nitrogen and oxygen atoms in total. The standard InChI is InChI=1S/C20H18ClFN4O2S/c1-2-3-8-26(19-23-16-7-5-13(21)10-17(16)29-19)11-12-4-6-14(15(22)9-12)18-24-20(27)28-25-18/h4-7,9-10H,2-3,8,11H2,1H3,(H,24,25,27). The van der Waals surface area contributed by atoms with Crippen molar-refractivity contribution in [1.82, 2.24) is 15.1 Å². The smallest absolute Gasteiger partial charge is 0.344 e. The van der Waals surface area contributed by atoms with Gasteiger partial charge in [0, 0.05) is 18.1 Å². The summed E-state index contributed by atoms with van der Waals surface area (Å²) in [6.45, 7) is 3.45. The fourth-order valence-corrected chi connectivity index (χ4v) is 4.29. The molecule has 0 radical (unpaired) electrons. The monoisotopic (exact) mass is 432 g/mol. The maximum atomic E-state index is 14.6. The number of anilines is 1. The molecule has 150 valence electrons. The van der Waals surface area contributed by atoms with Gasteiger partial charge in [-0.3, -0.25) is 9.51 Å². The van der Waals surface area contributed by atoms with Crippen LogP contribution in [-0.2, 0) is 6.54 Å². The highest BCUT2D eigenvalue weighted by Crippen LogP contribution is 2.32. The summed E-state index contributed by atoms with van der Waals surface area (Å²) in [6.07, 6.45) is 2.04. The lowest BCUT2D eigenvalue weighted by Gasteiger charge is -2.22. The molecule has 1 N–H and O–H groups in total. The van der Waals surface area contributed by atoms with Gasteiger partial charge in [0.05, 0.1) is 15.8 Å². The number of benzene rings is 2. The van der Waals surface area contributed by atoms with Crippen molar-refractivity contribution < 1.29 is 8.91 Å². The van der Waals surface area contributed by atoms with Gasteiger partial charge >= 0.3 is 5.76 Å². The van der Waals surface area contributed by atoms with E-state index in [2.05, 4.69) is 26.5 Å². The number of hydrogen-bond acceptors (Lipinski definition) is 6. The van der Waals surface area contributed by atoms with Crippen LogP contribution < -0.4 is 10.7 Å². The van der Waals surface area contributed by atoms with E-state index in [9.17, 15) is 9.18 Å². The second-order valence-corrected chi connectivity index (χ2v) is 8.09. The lowest BCUT2D eigenvalue weighted by Crippen LogP contribution is -2.23. The third-order valence-electron chi connectivity index (χ3n) is 4.49. The van der Waals surface area contributed by atoms with E-state index in [0.717, 1.165) is 40.3 Å². The summed E-state index contributed by atoms with van der Waals surface area (Å²) in [7, 11) is 0. The first-order valence-electron chi connectivity index (χ1n) is 9.19. The topological polar surface area (TPSA) is 75.0 Å². The molecule has 2 aromatic carbocycles. The molecule has 2 heterocycles. The molecule has 0 unspecified atom stereocenters. The fourth-order valence-electron chi connectivity index (χ4n) is 3.03. The maximum Gasteiger partial charge on any atom is 0.439 e. The van der Waals surface area contributed by atoms with E-state index in [-0.39, 0.29) is 11.4 Å². The van der Waals surface area contributed by atoms with Crippen molar-refractivity contribution in [2.24, 2.45) is 0 Å². The summed E-state index contributed by atoms with van der Waals surface area (Å²) in [5.74, 6) is -1.12. The molecule has 2 aromatic heterocycles. The van der Waals surface area contributed by atoms with Gasteiger partial charge in [-0.15, -0.1) is 0 Å². The zero-order chi connectivity index (χ0) is 20.4. The Morgan fingerprint density at radius 3 is 2.86 bits per heavy atom. The fraction of sp³-hybridized carbons (Fsp3) is 0.250. The minimum Gasteiger partial charge on any atom is -0.344 e. The zero-order valence-corrected chi connectivity index (χ0v) is 17.2. The number of H-pyrrole nitrogens is 1. The number of nitrogens with zero attached hydrogens (tertiary/aromatic N) is 3. The second-order valence-electron chi connectivity index (χ2n) is 6.64. The minimum absolute atomic E-state index is 0.0740. The normalized spacial score (nSPS) is 11.3. The number of thiazole rings is 1. The van der Waals surface area contributed by atoms with E-state index >= 15 is 0 Å². The summed E-state index contributed by atoms with van der Waals surface area (Å²) >= 11 is 7.67. The van der Waals surface area contributed by atoms with Gasteiger partial charge in [0.2, 0.25) is 0 Å². The van der Waals surface area contributed by atoms with E-state index < -0.39 is 11.6 Å². The molecule has 0 aliphatic heterocycles. The Morgan fingerprint density at radius 2 is 2.14 bits per heavy atom.